The number of anilines is 2. The largest absolute Gasteiger partial charge is 0.388 e. The maximum Gasteiger partial charge on any atom is 0.193 e. The van der Waals surface area contributed by atoms with Gasteiger partial charge in [0.1, 0.15) is 5.82 Å². The second-order valence-electron chi connectivity index (χ2n) is 5.54. The molecule has 1 aromatic carbocycles. The molecule has 0 bridgehead atoms. The number of benzene rings is 1. The van der Waals surface area contributed by atoms with E-state index in [9.17, 15) is 4.79 Å². The van der Waals surface area contributed by atoms with Crippen molar-refractivity contribution in [3.05, 3.63) is 78.8 Å². The summed E-state index contributed by atoms with van der Waals surface area (Å²) < 4.78 is 0. The fourth-order valence-corrected chi connectivity index (χ4v) is 2.52. The molecular weight excluding hydrogens is 312 g/mol. The van der Waals surface area contributed by atoms with Crippen molar-refractivity contribution in [3.8, 4) is 11.1 Å². The molecule has 3 aromatic rings. The van der Waals surface area contributed by atoms with Gasteiger partial charge < -0.3 is 11.1 Å². The lowest BCUT2D eigenvalue weighted by Crippen LogP contribution is -2.06. The van der Waals surface area contributed by atoms with Crippen LogP contribution in [0.2, 0.25) is 0 Å². The molecule has 0 aliphatic carbocycles. The third-order valence-corrected chi connectivity index (χ3v) is 3.93. The molecule has 3 rings (SSSR count). The Hall–Kier alpha value is -3.47. The van der Waals surface area contributed by atoms with Crippen molar-refractivity contribution in [3.63, 3.8) is 0 Å². The zero-order chi connectivity index (χ0) is 17.8. The Morgan fingerprint density at radius 3 is 2.68 bits per heavy atom. The first kappa shape index (κ1) is 16.4. The van der Waals surface area contributed by atoms with Crippen molar-refractivity contribution in [2.75, 3.05) is 18.1 Å². The third kappa shape index (κ3) is 3.40. The van der Waals surface area contributed by atoms with Gasteiger partial charge in [-0.05, 0) is 24.3 Å². The number of carbonyl (C=O) groups is 1. The number of nitrogens with zero attached hydrogens (tertiary/aromatic N) is 2. The number of nitrogens with one attached hydrogen (secondary N) is 1. The quantitative estimate of drug-likeness (QED) is 0.551. The molecule has 0 aliphatic rings. The maximum absolute atomic E-state index is 12.8. The number of pyridine rings is 2. The van der Waals surface area contributed by atoms with Crippen LogP contribution in [0.5, 0.6) is 0 Å². The van der Waals surface area contributed by atoms with Gasteiger partial charge in [-0.1, -0.05) is 24.8 Å². The van der Waals surface area contributed by atoms with E-state index in [2.05, 4.69) is 21.9 Å². The second kappa shape index (κ2) is 6.97. The topological polar surface area (TPSA) is 80.9 Å². The SMILES string of the molecule is C=C(C(=O)c1cccc(NC)c1)c1cc(-c2cccnc2)cnc1N. The summed E-state index contributed by atoms with van der Waals surface area (Å²) in [5.74, 6) is 0.0877. The molecule has 2 aromatic heterocycles. The Kier molecular flexibility index (Phi) is 4.57. The molecule has 5 nitrogen and oxygen atoms in total. The molecular formula is C20H18N4O. The van der Waals surface area contributed by atoms with Gasteiger partial charge in [-0.2, -0.15) is 0 Å². The van der Waals surface area contributed by atoms with E-state index in [-0.39, 0.29) is 11.6 Å². The Morgan fingerprint density at radius 2 is 1.96 bits per heavy atom. The molecule has 0 unspecified atom stereocenters. The summed E-state index contributed by atoms with van der Waals surface area (Å²) in [5, 5.41) is 3.02. The zero-order valence-corrected chi connectivity index (χ0v) is 13.9. The van der Waals surface area contributed by atoms with E-state index in [1.807, 2.05) is 30.3 Å². The van der Waals surface area contributed by atoms with E-state index < -0.39 is 0 Å². The Balaban J connectivity index is 1.97. The number of hydrogen-bond donors (Lipinski definition) is 2. The van der Waals surface area contributed by atoms with Gasteiger partial charge in [-0.25, -0.2) is 4.98 Å². The molecule has 5 heteroatoms. The van der Waals surface area contributed by atoms with E-state index in [4.69, 9.17) is 5.73 Å². The lowest BCUT2D eigenvalue weighted by Gasteiger charge is -2.11. The normalized spacial score (nSPS) is 10.3. The number of aromatic nitrogens is 2. The Labute approximate surface area is 146 Å². The van der Waals surface area contributed by atoms with Crippen molar-refractivity contribution < 1.29 is 4.79 Å². The predicted octanol–water partition coefficient (Wildman–Crippen LogP) is 3.66. The summed E-state index contributed by atoms with van der Waals surface area (Å²) in [6.07, 6.45) is 5.10. The number of carbonyl (C=O) groups excluding carboxylic acids is 1. The molecule has 0 radical (unpaired) electrons. The number of nitrogen functional groups attached to an aromatic ring is 1. The maximum atomic E-state index is 12.8. The highest BCUT2D eigenvalue weighted by Crippen LogP contribution is 2.28. The van der Waals surface area contributed by atoms with Crippen molar-refractivity contribution in [1.82, 2.24) is 9.97 Å². The highest BCUT2D eigenvalue weighted by molar-refractivity contribution is 6.29. The average molecular weight is 330 g/mol. The molecule has 124 valence electrons. The van der Waals surface area contributed by atoms with Crippen LogP contribution in [-0.4, -0.2) is 22.8 Å². The molecule has 0 saturated heterocycles. The van der Waals surface area contributed by atoms with E-state index in [1.54, 1.807) is 37.8 Å². The molecule has 2 heterocycles. The predicted molar refractivity (Wildman–Crippen MR) is 101 cm³/mol. The molecule has 0 amide bonds. The molecule has 0 atom stereocenters. The van der Waals surface area contributed by atoms with Crippen molar-refractivity contribution in [2.24, 2.45) is 0 Å². The Morgan fingerprint density at radius 1 is 1.12 bits per heavy atom. The minimum Gasteiger partial charge on any atom is -0.388 e. The lowest BCUT2D eigenvalue weighted by molar-refractivity contribution is 0.105. The molecule has 25 heavy (non-hydrogen) atoms. The first-order valence-corrected chi connectivity index (χ1v) is 7.78. The fraction of sp³-hybridized carbons (Fsp3) is 0.0500. The van der Waals surface area contributed by atoms with Crippen molar-refractivity contribution in [2.45, 2.75) is 0 Å². The number of rotatable bonds is 5. The third-order valence-electron chi connectivity index (χ3n) is 3.93. The number of ketones is 1. The van der Waals surface area contributed by atoms with Crippen LogP contribution in [-0.2, 0) is 0 Å². The summed E-state index contributed by atoms with van der Waals surface area (Å²) in [6.45, 7) is 3.95. The monoisotopic (exact) mass is 330 g/mol. The summed E-state index contributed by atoms with van der Waals surface area (Å²) in [6, 6.07) is 12.8. The van der Waals surface area contributed by atoms with Crippen LogP contribution < -0.4 is 11.1 Å². The molecule has 0 spiro atoms. The molecule has 0 aliphatic heterocycles. The van der Waals surface area contributed by atoms with Gasteiger partial charge in [0.15, 0.2) is 5.78 Å². The first-order valence-electron chi connectivity index (χ1n) is 7.78. The second-order valence-corrected chi connectivity index (χ2v) is 5.54. The number of nitrogens with two attached hydrogens (primary N) is 1. The van der Waals surface area contributed by atoms with Gasteiger partial charge in [0.2, 0.25) is 0 Å². The highest BCUT2D eigenvalue weighted by Gasteiger charge is 2.16. The van der Waals surface area contributed by atoms with E-state index in [1.165, 1.54) is 0 Å². The standard InChI is InChI=1S/C20H18N4O/c1-13(19(25)14-5-3-7-17(9-14)22-2)18-10-16(12-24-20(18)21)15-6-4-8-23-11-15/h3-12,22H,1H2,2H3,(H2,21,24). The van der Waals surface area contributed by atoms with Crippen molar-refractivity contribution >= 4 is 22.9 Å². The number of allylic oxidation sites excluding steroid dienone is 1. The van der Waals surface area contributed by atoms with Gasteiger partial charge in [-0.15, -0.1) is 0 Å². The van der Waals surface area contributed by atoms with E-state index >= 15 is 0 Å². The smallest absolute Gasteiger partial charge is 0.193 e. The van der Waals surface area contributed by atoms with Crippen LogP contribution in [0.3, 0.4) is 0 Å². The van der Waals surface area contributed by atoms with E-state index in [0.29, 0.717) is 16.7 Å². The van der Waals surface area contributed by atoms with Crippen LogP contribution in [0.1, 0.15) is 15.9 Å². The summed E-state index contributed by atoms with van der Waals surface area (Å²) in [7, 11) is 1.80. The van der Waals surface area contributed by atoms with Crippen LogP contribution in [0.15, 0.2) is 67.6 Å². The van der Waals surface area contributed by atoms with Crippen LogP contribution in [0, 0.1) is 0 Å². The number of hydrogen-bond acceptors (Lipinski definition) is 5. The van der Waals surface area contributed by atoms with Crippen LogP contribution >= 0.6 is 0 Å². The summed E-state index contributed by atoms with van der Waals surface area (Å²) in [5.41, 5.74) is 9.95. The van der Waals surface area contributed by atoms with Gasteiger partial charge in [0.25, 0.3) is 0 Å². The van der Waals surface area contributed by atoms with Crippen LogP contribution in [0.4, 0.5) is 11.5 Å². The molecule has 3 N–H and O–H groups in total. The first-order chi connectivity index (χ1) is 12.1. The van der Waals surface area contributed by atoms with Gasteiger partial charge >= 0.3 is 0 Å². The van der Waals surface area contributed by atoms with Crippen LogP contribution in [0.25, 0.3) is 16.7 Å². The highest BCUT2D eigenvalue weighted by atomic mass is 16.1. The number of Topliss-reactive ketones (excluding diaryl/α,β-unsaturated/α-hetero) is 1. The van der Waals surface area contributed by atoms with Gasteiger partial charge in [0.05, 0.1) is 0 Å². The van der Waals surface area contributed by atoms with Gasteiger partial charge in [-0.3, -0.25) is 9.78 Å². The molecule has 0 fully saturated rings. The minimum atomic E-state index is -0.186. The minimum absolute atomic E-state index is 0.186. The van der Waals surface area contributed by atoms with E-state index in [0.717, 1.165) is 16.8 Å². The van der Waals surface area contributed by atoms with Gasteiger partial charge in [0, 0.05) is 59.2 Å². The summed E-state index contributed by atoms with van der Waals surface area (Å²) in [4.78, 5) is 21.1. The average Bonchev–Trinajstić information content (AvgIpc) is 2.68. The molecule has 0 saturated carbocycles. The lowest BCUT2D eigenvalue weighted by atomic mass is 9.96. The Bertz CT molecular complexity index is 935. The zero-order valence-electron chi connectivity index (χ0n) is 13.9. The van der Waals surface area contributed by atoms with Crippen molar-refractivity contribution in [1.29, 1.82) is 0 Å². The summed E-state index contributed by atoms with van der Waals surface area (Å²) >= 11 is 0. The fourth-order valence-electron chi connectivity index (χ4n) is 2.52.